The van der Waals surface area contributed by atoms with E-state index in [-0.39, 0.29) is 17.7 Å². The number of nitrogens with one attached hydrogen (secondary N) is 1. The molecule has 0 aliphatic carbocycles. The van der Waals surface area contributed by atoms with Crippen molar-refractivity contribution in [2.24, 2.45) is 0 Å². The zero-order chi connectivity index (χ0) is 22.7. The fourth-order valence-electron chi connectivity index (χ4n) is 3.56. The smallest absolute Gasteiger partial charge is 0.323 e. The maximum atomic E-state index is 13.6. The maximum Gasteiger partial charge on any atom is 0.323 e. The minimum absolute atomic E-state index is 0.149. The molecule has 2 heterocycles. The van der Waals surface area contributed by atoms with Crippen LogP contribution >= 0.6 is 0 Å². The zero-order valence-electron chi connectivity index (χ0n) is 18.1. The minimum atomic E-state index is -0.431. The number of methoxy groups -OCH3 is 3. The summed E-state index contributed by atoms with van der Waals surface area (Å²) in [6.07, 6.45) is 0. The molecule has 0 spiro atoms. The number of benzene rings is 2. The number of amides is 2. The number of hydrogen-bond donors (Lipinski definition) is 1. The topological polar surface area (TPSA) is 89.1 Å². The Hall–Kier alpha value is -3.82. The summed E-state index contributed by atoms with van der Waals surface area (Å²) in [6, 6.07) is 9.44. The highest BCUT2D eigenvalue weighted by Gasteiger charge is 2.24. The van der Waals surface area contributed by atoms with Crippen molar-refractivity contribution in [2.45, 2.75) is 0 Å². The number of piperazine rings is 1. The van der Waals surface area contributed by atoms with Gasteiger partial charge in [-0.15, -0.1) is 0 Å². The predicted octanol–water partition coefficient (Wildman–Crippen LogP) is 3.15. The molecule has 3 aromatic rings. The molecular formula is C22H24FN5O4. The van der Waals surface area contributed by atoms with E-state index in [1.54, 1.807) is 19.1 Å². The fraction of sp³-hybridized carbons (Fsp3) is 0.318. The van der Waals surface area contributed by atoms with Crippen LogP contribution in [0.4, 0.5) is 20.7 Å². The highest BCUT2D eigenvalue weighted by Crippen LogP contribution is 2.29. The van der Waals surface area contributed by atoms with Gasteiger partial charge in [0.15, 0.2) is 5.82 Å². The molecule has 168 valence electrons. The normalized spacial score (nSPS) is 13.8. The largest absolute Gasteiger partial charge is 0.497 e. The molecule has 1 aliphatic rings. The van der Waals surface area contributed by atoms with Gasteiger partial charge in [0.25, 0.3) is 5.88 Å². The van der Waals surface area contributed by atoms with Crippen LogP contribution in [0.3, 0.4) is 0 Å². The van der Waals surface area contributed by atoms with Gasteiger partial charge in [-0.25, -0.2) is 19.2 Å². The minimum Gasteiger partial charge on any atom is -0.497 e. The summed E-state index contributed by atoms with van der Waals surface area (Å²) >= 11 is 0. The summed E-state index contributed by atoms with van der Waals surface area (Å²) in [4.78, 5) is 25.3. The van der Waals surface area contributed by atoms with E-state index in [4.69, 9.17) is 14.2 Å². The SMILES string of the molecule is COc1cc(OC)cc(N2CCN(C(=O)Nc3nc4cc(F)ccc4nc3OC)CC2)c1. The third-order valence-corrected chi connectivity index (χ3v) is 5.28. The van der Waals surface area contributed by atoms with Crippen LogP contribution in [0.2, 0.25) is 0 Å². The Morgan fingerprint density at radius 2 is 1.59 bits per heavy atom. The Morgan fingerprint density at radius 1 is 0.906 bits per heavy atom. The molecule has 2 amide bonds. The molecule has 9 nitrogen and oxygen atoms in total. The lowest BCUT2D eigenvalue weighted by atomic mass is 10.2. The van der Waals surface area contributed by atoms with Gasteiger partial charge < -0.3 is 24.0 Å². The van der Waals surface area contributed by atoms with Crippen molar-refractivity contribution < 1.29 is 23.4 Å². The molecule has 1 N–H and O–H groups in total. The van der Waals surface area contributed by atoms with Gasteiger partial charge in [0.1, 0.15) is 17.3 Å². The Balaban J connectivity index is 1.45. The number of hydrogen-bond acceptors (Lipinski definition) is 7. The molecule has 0 radical (unpaired) electrons. The van der Waals surface area contributed by atoms with Crippen molar-refractivity contribution in [3.63, 3.8) is 0 Å². The molecule has 10 heteroatoms. The third kappa shape index (κ3) is 4.43. The van der Waals surface area contributed by atoms with E-state index in [0.29, 0.717) is 48.7 Å². The second kappa shape index (κ2) is 9.13. The van der Waals surface area contributed by atoms with Crippen LogP contribution in [0, 0.1) is 5.82 Å². The van der Waals surface area contributed by atoms with E-state index >= 15 is 0 Å². The molecule has 32 heavy (non-hydrogen) atoms. The standard InChI is InChI=1S/C22H24FN5O4/c1-30-16-11-15(12-17(13-16)31-2)27-6-8-28(9-7-27)22(29)26-20-21(32-3)25-18-5-4-14(23)10-19(18)24-20/h4-5,10-13H,6-9H2,1-3H3,(H,24,26,29). The van der Waals surface area contributed by atoms with Crippen molar-refractivity contribution in [2.75, 3.05) is 57.7 Å². The lowest BCUT2D eigenvalue weighted by Crippen LogP contribution is -2.50. The summed E-state index contributed by atoms with van der Waals surface area (Å²) in [6.45, 7) is 2.28. The van der Waals surface area contributed by atoms with E-state index in [9.17, 15) is 9.18 Å². The summed E-state index contributed by atoms with van der Waals surface area (Å²) in [5, 5.41) is 2.74. The number of halogens is 1. The molecule has 1 aliphatic heterocycles. The van der Waals surface area contributed by atoms with E-state index in [1.165, 1.54) is 25.3 Å². The average Bonchev–Trinajstić information content (AvgIpc) is 2.83. The van der Waals surface area contributed by atoms with E-state index in [1.807, 2.05) is 18.2 Å². The van der Waals surface area contributed by atoms with Crippen LogP contribution in [0.5, 0.6) is 17.4 Å². The maximum absolute atomic E-state index is 13.6. The second-order valence-corrected chi connectivity index (χ2v) is 7.19. The van der Waals surface area contributed by atoms with Crippen molar-refractivity contribution in [3.8, 4) is 17.4 Å². The molecule has 1 aromatic heterocycles. The lowest BCUT2D eigenvalue weighted by molar-refractivity contribution is 0.208. The van der Waals surface area contributed by atoms with Gasteiger partial charge in [-0.3, -0.25) is 5.32 Å². The Kier molecular flexibility index (Phi) is 6.11. The molecule has 0 saturated carbocycles. The van der Waals surface area contributed by atoms with Crippen LogP contribution < -0.4 is 24.4 Å². The second-order valence-electron chi connectivity index (χ2n) is 7.19. The number of carbonyl (C=O) groups is 1. The summed E-state index contributed by atoms with van der Waals surface area (Å²) < 4.78 is 29.5. The molecule has 1 saturated heterocycles. The van der Waals surface area contributed by atoms with E-state index < -0.39 is 5.82 Å². The summed E-state index contributed by atoms with van der Waals surface area (Å²) in [5.74, 6) is 1.30. The number of rotatable bonds is 5. The third-order valence-electron chi connectivity index (χ3n) is 5.28. The van der Waals surface area contributed by atoms with Crippen molar-refractivity contribution in [1.82, 2.24) is 14.9 Å². The van der Waals surface area contributed by atoms with Crippen molar-refractivity contribution in [1.29, 1.82) is 0 Å². The average molecular weight is 441 g/mol. The van der Waals surface area contributed by atoms with E-state index in [0.717, 1.165) is 5.69 Å². The first kappa shape index (κ1) is 21.4. The highest BCUT2D eigenvalue weighted by molar-refractivity contribution is 5.91. The van der Waals surface area contributed by atoms with Gasteiger partial charge in [0.2, 0.25) is 0 Å². The number of fused-ring (bicyclic) bond motifs is 1. The van der Waals surface area contributed by atoms with Gasteiger partial charge in [0, 0.05) is 56.1 Å². The fourth-order valence-corrected chi connectivity index (χ4v) is 3.56. The molecule has 2 aromatic carbocycles. The predicted molar refractivity (Wildman–Crippen MR) is 118 cm³/mol. The van der Waals surface area contributed by atoms with Gasteiger partial charge in [0.05, 0.1) is 32.4 Å². The Bertz CT molecular complexity index is 1110. The molecule has 0 unspecified atom stereocenters. The van der Waals surface area contributed by atoms with Gasteiger partial charge in [-0.2, -0.15) is 0 Å². The van der Waals surface area contributed by atoms with Gasteiger partial charge in [-0.1, -0.05) is 0 Å². The molecule has 0 bridgehead atoms. The first-order valence-corrected chi connectivity index (χ1v) is 10.1. The van der Waals surface area contributed by atoms with Crippen LogP contribution in [0.1, 0.15) is 0 Å². The van der Waals surface area contributed by atoms with Crippen LogP contribution in [0.15, 0.2) is 36.4 Å². The van der Waals surface area contributed by atoms with Gasteiger partial charge in [-0.05, 0) is 12.1 Å². The number of aromatic nitrogens is 2. The molecule has 4 rings (SSSR count). The van der Waals surface area contributed by atoms with Crippen LogP contribution in [0.25, 0.3) is 11.0 Å². The Labute approximate surface area is 184 Å². The number of urea groups is 1. The quantitative estimate of drug-likeness (QED) is 0.651. The summed E-state index contributed by atoms with van der Waals surface area (Å²) in [5.41, 5.74) is 1.77. The van der Waals surface area contributed by atoms with Crippen molar-refractivity contribution >= 4 is 28.6 Å². The Morgan fingerprint density at radius 3 is 2.22 bits per heavy atom. The number of ether oxygens (including phenoxy) is 3. The molecule has 0 atom stereocenters. The lowest BCUT2D eigenvalue weighted by Gasteiger charge is -2.36. The zero-order valence-corrected chi connectivity index (χ0v) is 18.1. The van der Waals surface area contributed by atoms with E-state index in [2.05, 4.69) is 20.2 Å². The summed E-state index contributed by atoms with van der Waals surface area (Å²) in [7, 11) is 4.66. The first-order valence-electron chi connectivity index (χ1n) is 10.1. The molecule has 1 fully saturated rings. The number of anilines is 2. The van der Waals surface area contributed by atoms with Crippen LogP contribution in [-0.4, -0.2) is 68.4 Å². The van der Waals surface area contributed by atoms with Crippen LogP contribution in [-0.2, 0) is 0 Å². The monoisotopic (exact) mass is 441 g/mol. The number of nitrogens with zero attached hydrogens (tertiary/aromatic N) is 4. The number of carbonyl (C=O) groups excluding carboxylic acids is 1. The first-order chi connectivity index (χ1) is 15.5. The van der Waals surface area contributed by atoms with Crippen molar-refractivity contribution in [3.05, 3.63) is 42.2 Å². The molecular weight excluding hydrogens is 417 g/mol. The van der Waals surface area contributed by atoms with Gasteiger partial charge >= 0.3 is 6.03 Å². The highest BCUT2D eigenvalue weighted by atomic mass is 19.1.